The molecule has 1 aliphatic rings. The maximum atomic E-state index is 5.82. The molecular weight excluding hydrogens is 204 g/mol. The van der Waals surface area contributed by atoms with E-state index in [0.717, 1.165) is 18.8 Å². The first-order valence-corrected chi connectivity index (χ1v) is 6.83. The van der Waals surface area contributed by atoms with Crippen molar-refractivity contribution in [3.63, 3.8) is 0 Å². The SMILES string of the molecule is CSCCCN1CCc2ccc(N)cc21. The fraction of sp³-hybridized carbons (Fsp3) is 0.500. The molecule has 15 heavy (non-hydrogen) atoms. The Morgan fingerprint density at radius 3 is 3.13 bits per heavy atom. The first kappa shape index (κ1) is 10.7. The maximum Gasteiger partial charge on any atom is 0.0420 e. The summed E-state index contributed by atoms with van der Waals surface area (Å²) in [6.45, 7) is 2.32. The summed E-state index contributed by atoms with van der Waals surface area (Å²) in [5.74, 6) is 1.24. The van der Waals surface area contributed by atoms with Crippen LogP contribution in [-0.4, -0.2) is 25.1 Å². The van der Waals surface area contributed by atoms with Crippen LogP contribution in [0.3, 0.4) is 0 Å². The van der Waals surface area contributed by atoms with E-state index in [0.29, 0.717) is 0 Å². The van der Waals surface area contributed by atoms with Gasteiger partial charge in [-0.05, 0) is 42.5 Å². The minimum Gasteiger partial charge on any atom is -0.399 e. The van der Waals surface area contributed by atoms with Gasteiger partial charge in [0.25, 0.3) is 0 Å². The Morgan fingerprint density at radius 2 is 2.33 bits per heavy atom. The second-order valence-corrected chi connectivity index (χ2v) is 4.96. The van der Waals surface area contributed by atoms with E-state index in [4.69, 9.17) is 5.73 Å². The van der Waals surface area contributed by atoms with Crippen molar-refractivity contribution in [2.45, 2.75) is 12.8 Å². The first-order valence-electron chi connectivity index (χ1n) is 5.43. The molecule has 0 fully saturated rings. The van der Waals surface area contributed by atoms with Gasteiger partial charge in [-0.1, -0.05) is 6.07 Å². The fourth-order valence-electron chi connectivity index (χ4n) is 2.09. The Morgan fingerprint density at radius 1 is 1.47 bits per heavy atom. The number of benzene rings is 1. The second-order valence-electron chi connectivity index (χ2n) is 3.97. The van der Waals surface area contributed by atoms with Crippen LogP contribution >= 0.6 is 11.8 Å². The molecule has 0 saturated carbocycles. The fourth-order valence-corrected chi connectivity index (χ4v) is 2.51. The Bertz CT molecular complexity index is 338. The van der Waals surface area contributed by atoms with Gasteiger partial charge in [-0.2, -0.15) is 11.8 Å². The van der Waals surface area contributed by atoms with Crippen molar-refractivity contribution in [3.8, 4) is 0 Å². The lowest BCUT2D eigenvalue weighted by molar-refractivity contribution is 0.802. The number of nitrogens with zero attached hydrogens (tertiary/aromatic N) is 1. The average molecular weight is 222 g/mol. The molecule has 1 aromatic rings. The van der Waals surface area contributed by atoms with E-state index in [1.165, 1.54) is 29.8 Å². The Balaban J connectivity index is 2.03. The van der Waals surface area contributed by atoms with Gasteiger partial charge in [0.15, 0.2) is 0 Å². The van der Waals surface area contributed by atoms with Crippen molar-refractivity contribution < 1.29 is 0 Å². The highest BCUT2D eigenvalue weighted by molar-refractivity contribution is 7.98. The van der Waals surface area contributed by atoms with Crippen LogP contribution in [0.15, 0.2) is 18.2 Å². The molecule has 82 valence electrons. The van der Waals surface area contributed by atoms with E-state index in [1.807, 2.05) is 17.8 Å². The molecule has 3 heteroatoms. The molecule has 1 aliphatic heterocycles. The maximum absolute atomic E-state index is 5.82. The summed E-state index contributed by atoms with van der Waals surface area (Å²) in [6, 6.07) is 6.28. The summed E-state index contributed by atoms with van der Waals surface area (Å²) < 4.78 is 0. The lowest BCUT2D eigenvalue weighted by Crippen LogP contribution is -2.22. The van der Waals surface area contributed by atoms with Crippen LogP contribution in [-0.2, 0) is 6.42 Å². The summed E-state index contributed by atoms with van der Waals surface area (Å²) in [5.41, 5.74) is 9.51. The molecule has 0 radical (unpaired) electrons. The first-order chi connectivity index (χ1) is 7.31. The van der Waals surface area contributed by atoms with E-state index in [1.54, 1.807) is 0 Å². The summed E-state index contributed by atoms with van der Waals surface area (Å²) in [6.07, 6.45) is 4.60. The molecule has 2 N–H and O–H groups in total. The second kappa shape index (κ2) is 4.79. The van der Waals surface area contributed by atoms with Gasteiger partial charge in [-0.15, -0.1) is 0 Å². The molecule has 2 rings (SSSR count). The normalized spacial score (nSPS) is 14.3. The zero-order valence-corrected chi connectivity index (χ0v) is 10.0. The van der Waals surface area contributed by atoms with Gasteiger partial charge < -0.3 is 10.6 Å². The molecule has 2 nitrogen and oxygen atoms in total. The quantitative estimate of drug-likeness (QED) is 0.626. The number of hydrogen-bond acceptors (Lipinski definition) is 3. The zero-order valence-electron chi connectivity index (χ0n) is 9.20. The van der Waals surface area contributed by atoms with Gasteiger partial charge in [-0.3, -0.25) is 0 Å². The zero-order chi connectivity index (χ0) is 10.7. The third kappa shape index (κ3) is 2.40. The third-order valence-electron chi connectivity index (χ3n) is 2.88. The lowest BCUT2D eigenvalue weighted by Gasteiger charge is -2.19. The predicted molar refractivity (Wildman–Crippen MR) is 69.8 cm³/mol. The van der Waals surface area contributed by atoms with E-state index >= 15 is 0 Å². The minimum absolute atomic E-state index is 0.880. The Kier molecular flexibility index (Phi) is 3.41. The van der Waals surface area contributed by atoms with Crippen LogP contribution < -0.4 is 10.6 Å². The van der Waals surface area contributed by atoms with Gasteiger partial charge in [0.1, 0.15) is 0 Å². The summed E-state index contributed by atoms with van der Waals surface area (Å²) in [5, 5.41) is 0. The predicted octanol–water partition coefficient (Wildman–Crippen LogP) is 2.38. The van der Waals surface area contributed by atoms with Crippen molar-refractivity contribution in [2.24, 2.45) is 0 Å². The Hall–Kier alpha value is -0.830. The van der Waals surface area contributed by atoms with Crippen LogP contribution in [0.25, 0.3) is 0 Å². The number of fused-ring (bicyclic) bond motifs is 1. The molecule has 1 heterocycles. The largest absolute Gasteiger partial charge is 0.399 e. The highest BCUT2D eigenvalue weighted by Crippen LogP contribution is 2.29. The molecule has 1 aromatic carbocycles. The van der Waals surface area contributed by atoms with E-state index < -0.39 is 0 Å². The van der Waals surface area contributed by atoms with Crippen molar-refractivity contribution in [1.82, 2.24) is 0 Å². The average Bonchev–Trinajstić information content (AvgIpc) is 2.62. The van der Waals surface area contributed by atoms with E-state index in [9.17, 15) is 0 Å². The smallest absolute Gasteiger partial charge is 0.0420 e. The third-order valence-corrected chi connectivity index (χ3v) is 3.57. The highest BCUT2D eigenvalue weighted by Gasteiger charge is 2.18. The highest BCUT2D eigenvalue weighted by atomic mass is 32.2. The standard InChI is InChI=1S/C12H18N2S/c1-15-8-2-6-14-7-5-10-3-4-11(13)9-12(10)14/h3-4,9H,2,5-8,13H2,1H3. The van der Waals surface area contributed by atoms with Gasteiger partial charge >= 0.3 is 0 Å². The van der Waals surface area contributed by atoms with Crippen LogP contribution in [0.5, 0.6) is 0 Å². The van der Waals surface area contributed by atoms with Crippen LogP contribution in [0, 0.1) is 0 Å². The molecule has 0 spiro atoms. The van der Waals surface area contributed by atoms with Gasteiger partial charge in [0.05, 0.1) is 0 Å². The summed E-state index contributed by atoms with van der Waals surface area (Å²) in [4.78, 5) is 2.46. The van der Waals surface area contributed by atoms with E-state index in [-0.39, 0.29) is 0 Å². The van der Waals surface area contributed by atoms with Gasteiger partial charge in [0, 0.05) is 24.5 Å². The number of nitrogen functional groups attached to an aromatic ring is 1. The minimum atomic E-state index is 0.880. The number of nitrogens with two attached hydrogens (primary N) is 1. The van der Waals surface area contributed by atoms with Crippen LogP contribution in [0.4, 0.5) is 11.4 Å². The van der Waals surface area contributed by atoms with Crippen molar-refractivity contribution in [2.75, 3.05) is 35.7 Å². The van der Waals surface area contributed by atoms with E-state index in [2.05, 4.69) is 23.3 Å². The van der Waals surface area contributed by atoms with Gasteiger partial charge in [0.2, 0.25) is 0 Å². The lowest BCUT2D eigenvalue weighted by atomic mass is 10.1. The molecule has 0 aromatic heterocycles. The molecule has 0 amide bonds. The molecule has 0 aliphatic carbocycles. The number of rotatable bonds is 4. The monoisotopic (exact) mass is 222 g/mol. The van der Waals surface area contributed by atoms with Gasteiger partial charge in [-0.25, -0.2) is 0 Å². The topological polar surface area (TPSA) is 29.3 Å². The summed E-state index contributed by atoms with van der Waals surface area (Å²) >= 11 is 1.92. The molecule has 0 bridgehead atoms. The van der Waals surface area contributed by atoms with Crippen LogP contribution in [0.2, 0.25) is 0 Å². The molecule has 0 atom stereocenters. The van der Waals surface area contributed by atoms with Crippen molar-refractivity contribution in [3.05, 3.63) is 23.8 Å². The summed E-state index contributed by atoms with van der Waals surface area (Å²) in [7, 11) is 0. The number of hydrogen-bond donors (Lipinski definition) is 1. The van der Waals surface area contributed by atoms with Crippen molar-refractivity contribution >= 4 is 23.1 Å². The molecule has 0 saturated heterocycles. The molecule has 0 unspecified atom stereocenters. The number of thioether (sulfide) groups is 1. The van der Waals surface area contributed by atoms with Crippen LogP contribution in [0.1, 0.15) is 12.0 Å². The number of anilines is 2. The molecular formula is C12H18N2S. The van der Waals surface area contributed by atoms with Crippen molar-refractivity contribution in [1.29, 1.82) is 0 Å². The Labute approximate surface area is 95.8 Å².